The molecule has 164 valence electrons. The molecule has 4 rings (SSSR count). The maximum Gasteiger partial charge on any atom is 0.260 e. The van der Waals surface area contributed by atoms with E-state index in [1.807, 2.05) is 40.1 Å². The minimum Gasteiger partial charge on any atom is -0.484 e. The van der Waals surface area contributed by atoms with Gasteiger partial charge in [-0.3, -0.25) is 14.5 Å². The summed E-state index contributed by atoms with van der Waals surface area (Å²) in [5, 5.41) is 0. The minimum atomic E-state index is 0.0389. The van der Waals surface area contributed by atoms with E-state index in [1.165, 1.54) is 0 Å². The zero-order valence-electron chi connectivity index (χ0n) is 17.7. The maximum atomic E-state index is 12.8. The standard InChI is InChI=1S/C23H33N3O4/c27-22-16-19-6-9-26(23(28)18-30-21-4-2-1-3-5-21)17-20(19)7-8-25(22)11-10-24-12-14-29-15-13-24/h1-5,19-20H,6-18H2. The van der Waals surface area contributed by atoms with Crippen molar-refractivity contribution >= 4 is 11.8 Å². The highest BCUT2D eigenvalue weighted by Gasteiger charge is 2.36. The fourth-order valence-electron chi connectivity index (χ4n) is 4.78. The number of rotatable bonds is 6. The average molecular weight is 416 g/mol. The number of benzene rings is 1. The molecule has 0 aliphatic carbocycles. The second kappa shape index (κ2) is 10.3. The summed E-state index contributed by atoms with van der Waals surface area (Å²) in [6, 6.07) is 9.46. The van der Waals surface area contributed by atoms with Crippen molar-refractivity contribution in [2.24, 2.45) is 11.8 Å². The first kappa shape index (κ1) is 21.1. The molecule has 2 atom stereocenters. The molecule has 0 bridgehead atoms. The Hall–Kier alpha value is -2.12. The van der Waals surface area contributed by atoms with Gasteiger partial charge in [-0.25, -0.2) is 0 Å². The van der Waals surface area contributed by atoms with Crippen molar-refractivity contribution in [2.45, 2.75) is 19.3 Å². The molecule has 3 aliphatic rings. The molecule has 0 saturated carbocycles. The molecule has 3 aliphatic heterocycles. The molecule has 7 heteroatoms. The van der Waals surface area contributed by atoms with Gasteiger partial charge in [0.05, 0.1) is 13.2 Å². The van der Waals surface area contributed by atoms with Crippen LogP contribution < -0.4 is 4.74 Å². The molecule has 1 aromatic carbocycles. The van der Waals surface area contributed by atoms with E-state index in [1.54, 1.807) is 0 Å². The van der Waals surface area contributed by atoms with Crippen molar-refractivity contribution in [2.75, 3.05) is 65.6 Å². The summed E-state index contributed by atoms with van der Waals surface area (Å²) in [5.74, 6) is 1.83. The highest BCUT2D eigenvalue weighted by Crippen LogP contribution is 2.32. The summed E-state index contributed by atoms with van der Waals surface area (Å²) in [6.45, 7) is 7.54. The van der Waals surface area contributed by atoms with Crippen LogP contribution in [-0.2, 0) is 14.3 Å². The van der Waals surface area contributed by atoms with Gasteiger partial charge < -0.3 is 19.3 Å². The zero-order chi connectivity index (χ0) is 20.8. The molecule has 30 heavy (non-hydrogen) atoms. The van der Waals surface area contributed by atoms with Crippen LogP contribution in [0.3, 0.4) is 0 Å². The predicted octanol–water partition coefficient (Wildman–Crippen LogP) is 1.48. The third kappa shape index (κ3) is 5.52. The van der Waals surface area contributed by atoms with Crippen molar-refractivity contribution in [1.82, 2.24) is 14.7 Å². The van der Waals surface area contributed by atoms with E-state index in [0.717, 1.165) is 77.6 Å². The highest BCUT2D eigenvalue weighted by molar-refractivity contribution is 5.78. The van der Waals surface area contributed by atoms with Gasteiger partial charge in [-0.05, 0) is 36.8 Å². The molecule has 7 nitrogen and oxygen atoms in total. The molecule has 3 heterocycles. The van der Waals surface area contributed by atoms with Crippen molar-refractivity contribution < 1.29 is 19.1 Å². The van der Waals surface area contributed by atoms with Crippen LogP contribution >= 0.6 is 0 Å². The predicted molar refractivity (Wildman–Crippen MR) is 113 cm³/mol. The number of likely N-dealkylation sites (tertiary alicyclic amines) is 2. The molecule has 3 fully saturated rings. The van der Waals surface area contributed by atoms with E-state index in [9.17, 15) is 9.59 Å². The van der Waals surface area contributed by atoms with Gasteiger partial charge >= 0.3 is 0 Å². The van der Waals surface area contributed by atoms with Gasteiger partial charge in [-0.15, -0.1) is 0 Å². The molecule has 3 saturated heterocycles. The molecule has 0 spiro atoms. The van der Waals surface area contributed by atoms with E-state index in [2.05, 4.69) is 4.90 Å². The summed E-state index contributed by atoms with van der Waals surface area (Å²) >= 11 is 0. The molecular formula is C23H33N3O4. The van der Waals surface area contributed by atoms with E-state index in [0.29, 0.717) is 18.3 Å². The molecule has 0 aromatic heterocycles. The van der Waals surface area contributed by atoms with E-state index >= 15 is 0 Å². The Bertz CT molecular complexity index is 708. The second-order valence-corrected chi connectivity index (χ2v) is 8.58. The van der Waals surface area contributed by atoms with Crippen LogP contribution in [0, 0.1) is 11.8 Å². The number of fused-ring (bicyclic) bond motifs is 1. The third-order valence-corrected chi connectivity index (χ3v) is 6.70. The summed E-state index contributed by atoms with van der Waals surface area (Å²) < 4.78 is 11.0. The van der Waals surface area contributed by atoms with Crippen LogP contribution in [0.2, 0.25) is 0 Å². The Morgan fingerprint density at radius 1 is 1.00 bits per heavy atom. The van der Waals surface area contributed by atoms with Gasteiger partial charge in [0.15, 0.2) is 6.61 Å². The molecule has 1 aromatic rings. The summed E-state index contributed by atoms with van der Waals surface area (Å²) in [6.07, 6.45) is 2.50. The monoisotopic (exact) mass is 415 g/mol. The summed E-state index contributed by atoms with van der Waals surface area (Å²) in [4.78, 5) is 31.8. The number of hydrogen-bond donors (Lipinski definition) is 0. The van der Waals surface area contributed by atoms with Gasteiger partial charge in [0, 0.05) is 52.2 Å². The Kier molecular flexibility index (Phi) is 7.23. The SMILES string of the molecule is O=C1CC2CCN(C(=O)COc3ccccc3)CC2CCN1CCN1CCOCC1. The lowest BCUT2D eigenvalue weighted by molar-refractivity contribution is -0.136. The summed E-state index contributed by atoms with van der Waals surface area (Å²) in [7, 11) is 0. The van der Waals surface area contributed by atoms with Crippen molar-refractivity contribution in [3.05, 3.63) is 30.3 Å². The molecular weight excluding hydrogens is 382 g/mol. The van der Waals surface area contributed by atoms with Crippen molar-refractivity contribution in [3.8, 4) is 5.75 Å². The highest BCUT2D eigenvalue weighted by atomic mass is 16.5. The van der Waals surface area contributed by atoms with E-state index < -0.39 is 0 Å². The van der Waals surface area contributed by atoms with Crippen LogP contribution in [-0.4, -0.2) is 92.1 Å². The average Bonchev–Trinajstić information content (AvgIpc) is 2.95. The number of morpholine rings is 1. The number of nitrogens with zero attached hydrogens (tertiary/aromatic N) is 3. The van der Waals surface area contributed by atoms with Gasteiger partial charge in [-0.2, -0.15) is 0 Å². The first-order chi connectivity index (χ1) is 14.7. The lowest BCUT2D eigenvalue weighted by Crippen LogP contribution is -2.45. The molecule has 0 radical (unpaired) electrons. The number of amides is 2. The van der Waals surface area contributed by atoms with Gasteiger partial charge in [0.1, 0.15) is 5.75 Å². The van der Waals surface area contributed by atoms with Gasteiger partial charge in [0.25, 0.3) is 5.91 Å². The van der Waals surface area contributed by atoms with Crippen molar-refractivity contribution in [3.63, 3.8) is 0 Å². The maximum absolute atomic E-state index is 12.8. The Morgan fingerprint density at radius 3 is 2.57 bits per heavy atom. The van der Waals surface area contributed by atoms with E-state index in [4.69, 9.17) is 9.47 Å². The smallest absolute Gasteiger partial charge is 0.260 e. The number of piperidine rings is 1. The topological polar surface area (TPSA) is 62.3 Å². The van der Waals surface area contributed by atoms with Crippen molar-refractivity contribution in [1.29, 1.82) is 0 Å². The zero-order valence-corrected chi connectivity index (χ0v) is 17.7. The van der Waals surface area contributed by atoms with Crippen LogP contribution in [0.1, 0.15) is 19.3 Å². The second-order valence-electron chi connectivity index (χ2n) is 8.58. The first-order valence-electron chi connectivity index (χ1n) is 11.2. The molecule has 2 unspecified atom stereocenters. The Balaban J connectivity index is 1.25. The van der Waals surface area contributed by atoms with Crippen LogP contribution in [0.15, 0.2) is 30.3 Å². The fourth-order valence-corrected chi connectivity index (χ4v) is 4.78. The number of hydrogen-bond acceptors (Lipinski definition) is 5. The summed E-state index contributed by atoms with van der Waals surface area (Å²) in [5.41, 5.74) is 0. The van der Waals surface area contributed by atoms with Crippen LogP contribution in [0.5, 0.6) is 5.75 Å². The number of carbonyl (C=O) groups is 2. The lowest BCUT2D eigenvalue weighted by Gasteiger charge is -2.37. The lowest BCUT2D eigenvalue weighted by atomic mass is 9.82. The Morgan fingerprint density at radius 2 is 1.77 bits per heavy atom. The number of ether oxygens (including phenoxy) is 2. The van der Waals surface area contributed by atoms with Gasteiger partial charge in [-0.1, -0.05) is 18.2 Å². The minimum absolute atomic E-state index is 0.0389. The van der Waals surface area contributed by atoms with E-state index in [-0.39, 0.29) is 18.4 Å². The molecule has 2 amide bonds. The van der Waals surface area contributed by atoms with Gasteiger partial charge in [0.2, 0.25) is 5.91 Å². The Labute approximate surface area is 178 Å². The fraction of sp³-hybridized carbons (Fsp3) is 0.652. The largest absolute Gasteiger partial charge is 0.484 e. The third-order valence-electron chi connectivity index (χ3n) is 6.70. The quantitative estimate of drug-likeness (QED) is 0.704. The molecule has 0 N–H and O–H groups in total. The normalized spacial score (nSPS) is 25.5. The first-order valence-corrected chi connectivity index (χ1v) is 11.2. The number of para-hydroxylation sites is 1. The van der Waals surface area contributed by atoms with Crippen LogP contribution in [0.25, 0.3) is 0 Å². The van der Waals surface area contributed by atoms with Crippen LogP contribution in [0.4, 0.5) is 0 Å². The number of carbonyl (C=O) groups excluding carboxylic acids is 2.